The number of nitrogens with two attached hydrogens (primary N) is 1. The molecule has 1 aliphatic rings. The number of nitrogens with zero attached hydrogens (tertiary/aromatic N) is 1. The molecule has 0 saturated carbocycles. The lowest BCUT2D eigenvalue weighted by Crippen LogP contribution is -2.45. The Bertz CT molecular complexity index is 530. The maximum Gasteiger partial charge on any atom is 0.242 e. The molecule has 120 valence electrons. The Balaban J connectivity index is 2.02. The van der Waals surface area contributed by atoms with Crippen molar-refractivity contribution in [2.24, 2.45) is 5.73 Å². The van der Waals surface area contributed by atoms with Crippen molar-refractivity contribution in [1.82, 2.24) is 10.2 Å². The average Bonchev–Trinajstić information content (AvgIpc) is 2.91. The molecule has 0 unspecified atom stereocenters. The van der Waals surface area contributed by atoms with E-state index in [9.17, 15) is 9.59 Å². The molecule has 1 fully saturated rings. The molecule has 1 aliphatic heterocycles. The number of amides is 2. The molecule has 0 aromatic heterocycles. The Hall–Kier alpha value is -2.08. The predicted molar refractivity (Wildman–Crippen MR) is 83.5 cm³/mol. The first kappa shape index (κ1) is 16.3. The van der Waals surface area contributed by atoms with E-state index in [-0.39, 0.29) is 24.3 Å². The summed E-state index contributed by atoms with van der Waals surface area (Å²) in [4.78, 5) is 25.9. The van der Waals surface area contributed by atoms with E-state index in [0.29, 0.717) is 19.6 Å². The van der Waals surface area contributed by atoms with Gasteiger partial charge >= 0.3 is 0 Å². The molecule has 1 heterocycles. The zero-order valence-corrected chi connectivity index (χ0v) is 13.0. The molecular formula is C16H23N3O3. The van der Waals surface area contributed by atoms with Gasteiger partial charge in [-0.25, -0.2) is 0 Å². The van der Waals surface area contributed by atoms with Crippen molar-refractivity contribution in [2.75, 3.05) is 20.2 Å². The van der Waals surface area contributed by atoms with Crippen molar-refractivity contribution in [3.05, 3.63) is 29.8 Å². The van der Waals surface area contributed by atoms with Gasteiger partial charge < -0.3 is 20.7 Å². The van der Waals surface area contributed by atoms with Crippen molar-refractivity contribution in [2.45, 2.75) is 31.8 Å². The van der Waals surface area contributed by atoms with Crippen LogP contribution in [0.25, 0.3) is 0 Å². The van der Waals surface area contributed by atoms with Crippen LogP contribution in [-0.4, -0.2) is 49.0 Å². The highest BCUT2D eigenvalue weighted by molar-refractivity contribution is 5.89. The van der Waals surface area contributed by atoms with Crippen LogP contribution in [0.1, 0.15) is 18.9 Å². The number of benzene rings is 1. The third-order valence-corrected chi connectivity index (χ3v) is 3.79. The zero-order valence-electron chi connectivity index (χ0n) is 13.0. The quantitative estimate of drug-likeness (QED) is 0.819. The van der Waals surface area contributed by atoms with E-state index in [0.717, 1.165) is 11.3 Å². The van der Waals surface area contributed by atoms with Gasteiger partial charge in [0.1, 0.15) is 11.8 Å². The fourth-order valence-electron chi connectivity index (χ4n) is 2.71. The van der Waals surface area contributed by atoms with Gasteiger partial charge in [0.2, 0.25) is 11.8 Å². The molecule has 1 aromatic carbocycles. The summed E-state index contributed by atoms with van der Waals surface area (Å²) in [7, 11) is 1.57. The van der Waals surface area contributed by atoms with Crippen molar-refractivity contribution in [3.8, 4) is 5.75 Å². The normalized spacial score (nSPS) is 20.8. The zero-order chi connectivity index (χ0) is 16.1. The molecule has 0 aliphatic carbocycles. The largest absolute Gasteiger partial charge is 0.494 e. The van der Waals surface area contributed by atoms with Crippen molar-refractivity contribution in [1.29, 1.82) is 0 Å². The molecule has 1 saturated heterocycles. The second-order valence-electron chi connectivity index (χ2n) is 5.43. The standard InChI is InChI=1S/C16H23N3O3/c1-3-22-13-6-4-11(5-7-13)8-15(20)19-10-12(17)9-14(19)16(21)18-2/h4-7,12,14H,3,8-10,17H2,1-2H3,(H,18,21)/t12-,14-/m0/s1. The van der Waals surface area contributed by atoms with Crippen LogP contribution in [0.3, 0.4) is 0 Å². The fourth-order valence-corrected chi connectivity index (χ4v) is 2.71. The predicted octanol–water partition coefficient (Wildman–Crippen LogP) is 0.302. The van der Waals surface area contributed by atoms with Gasteiger partial charge in [0.05, 0.1) is 13.0 Å². The summed E-state index contributed by atoms with van der Waals surface area (Å²) in [5.41, 5.74) is 6.80. The van der Waals surface area contributed by atoms with Crippen LogP contribution >= 0.6 is 0 Å². The molecule has 2 rings (SSSR count). The van der Waals surface area contributed by atoms with Gasteiger partial charge in [-0.3, -0.25) is 9.59 Å². The summed E-state index contributed by atoms with van der Waals surface area (Å²) >= 11 is 0. The molecule has 3 N–H and O–H groups in total. The molecule has 0 radical (unpaired) electrons. The number of likely N-dealkylation sites (tertiary alicyclic amines) is 1. The summed E-state index contributed by atoms with van der Waals surface area (Å²) in [6, 6.07) is 6.82. The van der Waals surface area contributed by atoms with E-state index in [2.05, 4.69) is 5.32 Å². The number of carbonyl (C=O) groups excluding carboxylic acids is 2. The minimum Gasteiger partial charge on any atom is -0.494 e. The minimum absolute atomic E-state index is 0.0780. The smallest absolute Gasteiger partial charge is 0.242 e. The van der Waals surface area contributed by atoms with Gasteiger partial charge in [0, 0.05) is 19.6 Å². The first-order valence-corrected chi connectivity index (χ1v) is 7.53. The monoisotopic (exact) mass is 305 g/mol. The topological polar surface area (TPSA) is 84.7 Å². The number of hydrogen-bond donors (Lipinski definition) is 2. The Kier molecular flexibility index (Phi) is 5.38. The van der Waals surface area contributed by atoms with E-state index in [1.165, 1.54) is 0 Å². The van der Waals surface area contributed by atoms with Gasteiger partial charge in [-0.2, -0.15) is 0 Å². The highest BCUT2D eigenvalue weighted by Crippen LogP contribution is 2.19. The fraction of sp³-hybridized carbons (Fsp3) is 0.500. The highest BCUT2D eigenvalue weighted by Gasteiger charge is 2.37. The van der Waals surface area contributed by atoms with E-state index in [4.69, 9.17) is 10.5 Å². The van der Waals surface area contributed by atoms with E-state index in [1.807, 2.05) is 31.2 Å². The summed E-state index contributed by atoms with van der Waals surface area (Å²) in [6.07, 6.45) is 0.765. The summed E-state index contributed by atoms with van der Waals surface area (Å²) in [6.45, 7) is 2.96. The lowest BCUT2D eigenvalue weighted by molar-refractivity contribution is -0.137. The lowest BCUT2D eigenvalue weighted by Gasteiger charge is -2.23. The summed E-state index contributed by atoms with van der Waals surface area (Å²) in [5, 5.41) is 2.59. The number of ether oxygens (including phenoxy) is 1. The van der Waals surface area contributed by atoms with Crippen LogP contribution in [0, 0.1) is 0 Å². The minimum atomic E-state index is -0.463. The van der Waals surface area contributed by atoms with E-state index >= 15 is 0 Å². The molecule has 6 nitrogen and oxygen atoms in total. The van der Waals surface area contributed by atoms with Crippen molar-refractivity contribution < 1.29 is 14.3 Å². The van der Waals surface area contributed by atoms with Crippen LogP contribution in [0.2, 0.25) is 0 Å². The molecule has 22 heavy (non-hydrogen) atoms. The highest BCUT2D eigenvalue weighted by atomic mass is 16.5. The Morgan fingerprint density at radius 2 is 2.05 bits per heavy atom. The third kappa shape index (κ3) is 3.76. The second-order valence-corrected chi connectivity index (χ2v) is 5.43. The van der Waals surface area contributed by atoms with Gasteiger partial charge in [-0.05, 0) is 31.0 Å². The molecular weight excluding hydrogens is 282 g/mol. The average molecular weight is 305 g/mol. The van der Waals surface area contributed by atoms with E-state index in [1.54, 1.807) is 11.9 Å². The summed E-state index contributed by atoms with van der Waals surface area (Å²) in [5.74, 6) is 0.545. The maximum absolute atomic E-state index is 12.5. The number of hydrogen-bond acceptors (Lipinski definition) is 4. The maximum atomic E-state index is 12.5. The van der Waals surface area contributed by atoms with E-state index < -0.39 is 6.04 Å². The number of rotatable bonds is 5. The SMILES string of the molecule is CCOc1ccc(CC(=O)N2C[C@@H](N)C[C@H]2C(=O)NC)cc1. The first-order chi connectivity index (χ1) is 10.5. The molecule has 0 spiro atoms. The molecule has 1 aromatic rings. The van der Waals surface area contributed by atoms with Gasteiger partial charge in [0.15, 0.2) is 0 Å². The second kappa shape index (κ2) is 7.26. The Labute approximate surface area is 130 Å². The number of likely N-dealkylation sites (N-methyl/N-ethyl adjacent to an activating group) is 1. The van der Waals surface area contributed by atoms with Crippen LogP contribution in [0.4, 0.5) is 0 Å². The van der Waals surface area contributed by atoms with Crippen molar-refractivity contribution >= 4 is 11.8 Å². The summed E-state index contributed by atoms with van der Waals surface area (Å²) < 4.78 is 5.38. The van der Waals surface area contributed by atoms with Crippen molar-refractivity contribution in [3.63, 3.8) is 0 Å². The Morgan fingerprint density at radius 3 is 2.64 bits per heavy atom. The Morgan fingerprint density at radius 1 is 1.36 bits per heavy atom. The van der Waals surface area contributed by atoms with Crippen LogP contribution in [-0.2, 0) is 16.0 Å². The number of carbonyl (C=O) groups is 2. The molecule has 2 amide bonds. The van der Waals surface area contributed by atoms with Crippen LogP contribution < -0.4 is 15.8 Å². The molecule has 6 heteroatoms. The first-order valence-electron chi connectivity index (χ1n) is 7.53. The number of nitrogens with one attached hydrogen (secondary N) is 1. The van der Waals surface area contributed by atoms with Gasteiger partial charge in [-0.1, -0.05) is 12.1 Å². The molecule has 0 bridgehead atoms. The van der Waals surface area contributed by atoms with Crippen LogP contribution in [0.5, 0.6) is 5.75 Å². The lowest BCUT2D eigenvalue weighted by atomic mass is 10.1. The van der Waals surface area contributed by atoms with Crippen LogP contribution in [0.15, 0.2) is 24.3 Å². The third-order valence-electron chi connectivity index (χ3n) is 3.79. The molecule has 2 atom stereocenters. The van der Waals surface area contributed by atoms with Gasteiger partial charge in [0.25, 0.3) is 0 Å². The van der Waals surface area contributed by atoms with Gasteiger partial charge in [-0.15, -0.1) is 0 Å².